The lowest BCUT2D eigenvalue weighted by Gasteiger charge is -2.21. The summed E-state index contributed by atoms with van der Waals surface area (Å²) in [5, 5.41) is 0. The van der Waals surface area contributed by atoms with E-state index in [-0.39, 0.29) is 17.0 Å². The Morgan fingerprint density at radius 2 is 2.00 bits per heavy atom. The van der Waals surface area contributed by atoms with E-state index in [1.165, 1.54) is 23.5 Å². The first-order valence-electron chi connectivity index (χ1n) is 6.25. The molecule has 0 fully saturated rings. The zero-order valence-corrected chi connectivity index (χ0v) is 14.0. The molecule has 0 spiro atoms. The lowest BCUT2D eigenvalue weighted by molar-refractivity contribution is 0.183. The number of nitrogens with two attached hydrogens (primary N) is 1. The average Bonchev–Trinajstić information content (AvgIpc) is 2.81. The monoisotopic (exact) mass is 345 g/mol. The van der Waals surface area contributed by atoms with E-state index in [2.05, 4.69) is 0 Å². The lowest BCUT2D eigenvalue weighted by atomic mass is 10.1. The summed E-state index contributed by atoms with van der Waals surface area (Å²) in [6.45, 7) is 1.83. The highest BCUT2D eigenvalue weighted by molar-refractivity contribution is 7.90. The second-order valence-electron chi connectivity index (χ2n) is 4.79. The standard InChI is InChI=1S/C14H16ClNO3S2/c1-9(16)14(12-6-7-13(15)20-12)19-10-4-3-5-11(8-10)21(2,17)18/h3-9,14H,16H2,1-2H3. The molecule has 0 amide bonds. The van der Waals surface area contributed by atoms with E-state index in [0.717, 1.165) is 11.1 Å². The highest BCUT2D eigenvalue weighted by atomic mass is 35.5. The van der Waals surface area contributed by atoms with Gasteiger partial charge in [-0.25, -0.2) is 8.42 Å². The van der Waals surface area contributed by atoms with Gasteiger partial charge >= 0.3 is 0 Å². The quantitative estimate of drug-likeness (QED) is 0.902. The maximum Gasteiger partial charge on any atom is 0.175 e. The first kappa shape index (κ1) is 16.3. The maximum absolute atomic E-state index is 11.6. The number of sulfone groups is 1. The molecule has 7 heteroatoms. The van der Waals surface area contributed by atoms with Crippen molar-refractivity contribution in [2.24, 2.45) is 5.73 Å². The minimum absolute atomic E-state index is 0.215. The third-order valence-electron chi connectivity index (χ3n) is 2.85. The van der Waals surface area contributed by atoms with Crippen molar-refractivity contribution in [3.8, 4) is 5.75 Å². The van der Waals surface area contributed by atoms with Gasteiger partial charge in [0.1, 0.15) is 11.9 Å². The van der Waals surface area contributed by atoms with Gasteiger partial charge in [0.25, 0.3) is 0 Å². The molecular weight excluding hydrogens is 330 g/mol. The van der Waals surface area contributed by atoms with Gasteiger partial charge in [0, 0.05) is 17.2 Å². The van der Waals surface area contributed by atoms with Crippen molar-refractivity contribution in [1.29, 1.82) is 0 Å². The number of benzene rings is 1. The highest BCUT2D eigenvalue weighted by Gasteiger charge is 2.21. The van der Waals surface area contributed by atoms with Crippen LogP contribution in [0.5, 0.6) is 5.75 Å². The van der Waals surface area contributed by atoms with Gasteiger partial charge in [-0.2, -0.15) is 0 Å². The van der Waals surface area contributed by atoms with Crippen molar-refractivity contribution in [1.82, 2.24) is 0 Å². The smallest absolute Gasteiger partial charge is 0.175 e. The topological polar surface area (TPSA) is 69.4 Å². The number of halogens is 1. The summed E-state index contributed by atoms with van der Waals surface area (Å²) in [5.41, 5.74) is 5.97. The Morgan fingerprint density at radius 1 is 1.29 bits per heavy atom. The minimum atomic E-state index is -3.27. The molecule has 0 aliphatic heterocycles. The fourth-order valence-electron chi connectivity index (χ4n) is 1.83. The molecule has 1 aromatic heterocycles. The summed E-state index contributed by atoms with van der Waals surface area (Å²) in [7, 11) is -3.27. The Balaban J connectivity index is 2.30. The van der Waals surface area contributed by atoms with Crippen LogP contribution in [0.1, 0.15) is 17.9 Å². The molecule has 1 aromatic carbocycles. The molecule has 0 radical (unpaired) electrons. The molecule has 114 valence electrons. The summed E-state index contributed by atoms with van der Waals surface area (Å²) in [4.78, 5) is 1.12. The zero-order chi connectivity index (χ0) is 15.6. The van der Waals surface area contributed by atoms with Crippen molar-refractivity contribution in [3.63, 3.8) is 0 Å². The molecule has 0 saturated carbocycles. The van der Waals surface area contributed by atoms with Crippen LogP contribution < -0.4 is 10.5 Å². The third kappa shape index (κ3) is 4.20. The molecule has 21 heavy (non-hydrogen) atoms. The first-order valence-corrected chi connectivity index (χ1v) is 9.33. The molecule has 0 aliphatic rings. The van der Waals surface area contributed by atoms with Crippen LogP contribution in [-0.4, -0.2) is 20.7 Å². The van der Waals surface area contributed by atoms with Crippen LogP contribution in [0.2, 0.25) is 4.34 Å². The Labute approximate surface area is 133 Å². The fraction of sp³-hybridized carbons (Fsp3) is 0.286. The maximum atomic E-state index is 11.6. The van der Waals surface area contributed by atoms with E-state index in [9.17, 15) is 8.42 Å². The van der Waals surface area contributed by atoms with Crippen LogP contribution in [0.15, 0.2) is 41.3 Å². The molecule has 2 atom stereocenters. The van der Waals surface area contributed by atoms with Gasteiger partial charge in [-0.1, -0.05) is 17.7 Å². The summed E-state index contributed by atoms with van der Waals surface area (Å²) >= 11 is 7.34. The molecule has 2 aromatic rings. The van der Waals surface area contributed by atoms with Gasteiger partial charge < -0.3 is 10.5 Å². The zero-order valence-electron chi connectivity index (χ0n) is 11.6. The van der Waals surface area contributed by atoms with Crippen molar-refractivity contribution < 1.29 is 13.2 Å². The Hall–Kier alpha value is -1.08. The van der Waals surface area contributed by atoms with Crippen LogP contribution in [0.25, 0.3) is 0 Å². The van der Waals surface area contributed by atoms with Crippen LogP contribution >= 0.6 is 22.9 Å². The van der Waals surface area contributed by atoms with Crippen LogP contribution in [-0.2, 0) is 9.84 Å². The number of rotatable bonds is 5. The van der Waals surface area contributed by atoms with E-state index < -0.39 is 9.84 Å². The summed E-state index contributed by atoms with van der Waals surface area (Å²) < 4.78 is 29.7. The van der Waals surface area contributed by atoms with Gasteiger partial charge in [-0.3, -0.25) is 0 Å². The molecule has 4 nitrogen and oxygen atoms in total. The number of hydrogen-bond donors (Lipinski definition) is 1. The molecule has 2 unspecified atom stereocenters. The lowest BCUT2D eigenvalue weighted by Crippen LogP contribution is -2.28. The predicted molar refractivity (Wildman–Crippen MR) is 85.9 cm³/mol. The van der Waals surface area contributed by atoms with E-state index in [4.69, 9.17) is 22.1 Å². The Kier molecular flexibility index (Phi) is 4.93. The van der Waals surface area contributed by atoms with Gasteiger partial charge in [0.15, 0.2) is 9.84 Å². The SMILES string of the molecule is CC(N)C(Oc1cccc(S(C)(=O)=O)c1)c1ccc(Cl)s1. The predicted octanol–water partition coefficient (Wildman–Crippen LogP) is 3.27. The van der Waals surface area contributed by atoms with Crippen molar-refractivity contribution in [2.75, 3.05) is 6.26 Å². The first-order chi connectivity index (χ1) is 9.77. The van der Waals surface area contributed by atoms with Crippen molar-refractivity contribution in [2.45, 2.75) is 24.0 Å². The molecule has 2 rings (SSSR count). The number of ether oxygens (including phenoxy) is 1. The van der Waals surface area contributed by atoms with Gasteiger partial charge in [0.05, 0.1) is 9.23 Å². The molecule has 0 saturated heterocycles. The molecule has 1 heterocycles. The summed E-state index contributed by atoms with van der Waals surface area (Å²) in [5.74, 6) is 0.463. The minimum Gasteiger partial charge on any atom is -0.483 e. The van der Waals surface area contributed by atoms with Crippen molar-refractivity contribution in [3.05, 3.63) is 45.6 Å². The highest BCUT2D eigenvalue weighted by Crippen LogP contribution is 2.32. The van der Waals surface area contributed by atoms with Crippen LogP contribution in [0.3, 0.4) is 0 Å². The number of hydrogen-bond acceptors (Lipinski definition) is 5. The fourth-order valence-corrected chi connectivity index (χ4v) is 3.69. The molecule has 2 N–H and O–H groups in total. The molecule has 0 aliphatic carbocycles. The van der Waals surface area contributed by atoms with Crippen molar-refractivity contribution >= 4 is 32.8 Å². The summed E-state index contributed by atoms with van der Waals surface area (Å²) in [6, 6.07) is 9.77. The normalized spacial score (nSPS) is 14.7. The van der Waals surface area contributed by atoms with E-state index >= 15 is 0 Å². The molecule has 0 bridgehead atoms. The second kappa shape index (κ2) is 6.36. The van der Waals surface area contributed by atoms with Gasteiger partial charge in [-0.15, -0.1) is 11.3 Å². The Morgan fingerprint density at radius 3 is 2.52 bits per heavy atom. The van der Waals surface area contributed by atoms with Crippen LogP contribution in [0.4, 0.5) is 0 Å². The van der Waals surface area contributed by atoms with Gasteiger partial charge in [-0.05, 0) is 37.3 Å². The Bertz CT molecular complexity index is 725. The average molecular weight is 346 g/mol. The third-order valence-corrected chi connectivity index (χ3v) is 5.25. The molecular formula is C14H16ClNO3S2. The van der Waals surface area contributed by atoms with Crippen LogP contribution in [0, 0.1) is 0 Å². The second-order valence-corrected chi connectivity index (χ2v) is 8.55. The van der Waals surface area contributed by atoms with E-state index in [1.54, 1.807) is 18.2 Å². The summed E-state index contributed by atoms with van der Waals surface area (Å²) in [6.07, 6.45) is 0.783. The number of thiophene rings is 1. The largest absolute Gasteiger partial charge is 0.483 e. The van der Waals surface area contributed by atoms with E-state index in [0.29, 0.717) is 10.1 Å². The van der Waals surface area contributed by atoms with Gasteiger partial charge in [0.2, 0.25) is 0 Å². The van der Waals surface area contributed by atoms with E-state index in [1.807, 2.05) is 13.0 Å².